The molecule has 2 fully saturated rings. The fourth-order valence-corrected chi connectivity index (χ4v) is 3.50. The summed E-state index contributed by atoms with van der Waals surface area (Å²) in [5.41, 5.74) is 6.27. The van der Waals surface area contributed by atoms with Crippen LogP contribution < -0.4 is 5.73 Å². The average Bonchev–Trinajstić information content (AvgIpc) is 2.72. The monoisotopic (exact) mass is 240 g/mol. The first-order chi connectivity index (χ1) is 8.21. The minimum absolute atomic E-state index is 0.226. The summed E-state index contributed by atoms with van der Waals surface area (Å²) < 4.78 is 5.68. The standard InChI is InChI=1S/C14H28N2O/c1-3-13-6-5-12(2)16(13)10-14(9-15)7-4-8-17-11-14/h12-13H,3-11,15H2,1-2H3. The Labute approximate surface area is 106 Å². The van der Waals surface area contributed by atoms with Crippen LogP contribution in [0.2, 0.25) is 0 Å². The van der Waals surface area contributed by atoms with E-state index in [0.717, 1.165) is 38.4 Å². The summed E-state index contributed by atoms with van der Waals surface area (Å²) in [6, 6.07) is 1.50. The molecule has 0 aromatic carbocycles. The highest BCUT2D eigenvalue weighted by molar-refractivity contribution is 4.92. The molecule has 2 aliphatic heterocycles. The van der Waals surface area contributed by atoms with Gasteiger partial charge in [-0.05, 0) is 39.0 Å². The summed E-state index contributed by atoms with van der Waals surface area (Å²) in [6.07, 6.45) is 6.39. The molecule has 2 saturated heterocycles. The number of ether oxygens (including phenoxy) is 1. The highest BCUT2D eigenvalue weighted by Crippen LogP contribution is 2.34. The molecule has 100 valence electrons. The number of hydrogen-bond acceptors (Lipinski definition) is 3. The molecule has 0 aliphatic carbocycles. The second-order valence-corrected chi connectivity index (χ2v) is 6.02. The summed E-state index contributed by atoms with van der Waals surface area (Å²) in [7, 11) is 0. The lowest BCUT2D eigenvalue weighted by molar-refractivity contribution is -0.0293. The van der Waals surface area contributed by atoms with E-state index in [-0.39, 0.29) is 5.41 Å². The molecule has 17 heavy (non-hydrogen) atoms. The number of likely N-dealkylation sites (tertiary alicyclic amines) is 1. The van der Waals surface area contributed by atoms with Gasteiger partial charge in [0, 0.05) is 37.2 Å². The van der Waals surface area contributed by atoms with E-state index in [1.54, 1.807) is 0 Å². The van der Waals surface area contributed by atoms with Crippen LogP contribution in [0.1, 0.15) is 46.0 Å². The topological polar surface area (TPSA) is 38.5 Å². The van der Waals surface area contributed by atoms with Crippen molar-refractivity contribution in [1.82, 2.24) is 4.90 Å². The molecule has 0 spiro atoms. The summed E-state index contributed by atoms with van der Waals surface area (Å²) in [6.45, 7) is 8.37. The molecule has 3 unspecified atom stereocenters. The number of nitrogens with two attached hydrogens (primary N) is 1. The molecule has 0 amide bonds. The van der Waals surface area contributed by atoms with Crippen molar-refractivity contribution in [1.29, 1.82) is 0 Å². The van der Waals surface area contributed by atoms with Gasteiger partial charge in [-0.2, -0.15) is 0 Å². The minimum Gasteiger partial charge on any atom is -0.381 e. The summed E-state index contributed by atoms with van der Waals surface area (Å²) >= 11 is 0. The second-order valence-electron chi connectivity index (χ2n) is 6.02. The highest BCUT2D eigenvalue weighted by Gasteiger charge is 2.38. The first kappa shape index (κ1) is 13.3. The van der Waals surface area contributed by atoms with Crippen LogP contribution in [-0.2, 0) is 4.74 Å². The average molecular weight is 240 g/mol. The van der Waals surface area contributed by atoms with Gasteiger partial charge in [0.2, 0.25) is 0 Å². The minimum atomic E-state index is 0.226. The highest BCUT2D eigenvalue weighted by atomic mass is 16.5. The van der Waals surface area contributed by atoms with Gasteiger partial charge in [-0.3, -0.25) is 4.90 Å². The second kappa shape index (κ2) is 5.68. The zero-order valence-corrected chi connectivity index (χ0v) is 11.5. The van der Waals surface area contributed by atoms with Gasteiger partial charge in [0.1, 0.15) is 0 Å². The lowest BCUT2D eigenvalue weighted by Crippen LogP contribution is -2.50. The van der Waals surface area contributed by atoms with Gasteiger partial charge in [0.05, 0.1) is 6.61 Å². The largest absolute Gasteiger partial charge is 0.381 e. The molecule has 0 radical (unpaired) electrons. The third-order valence-corrected chi connectivity index (χ3v) is 4.78. The van der Waals surface area contributed by atoms with Crippen LogP contribution in [0.15, 0.2) is 0 Å². The molecule has 2 N–H and O–H groups in total. The third kappa shape index (κ3) is 2.83. The Hall–Kier alpha value is -0.120. The summed E-state index contributed by atoms with van der Waals surface area (Å²) in [4.78, 5) is 2.70. The van der Waals surface area contributed by atoms with Crippen molar-refractivity contribution >= 4 is 0 Å². The van der Waals surface area contributed by atoms with Gasteiger partial charge >= 0.3 is 0 Å². The van der Waals surface area contributed by atoms with Crippen molar-refractivity contribution in [2.45, 2.75) is 58.0 Å². The maximum Gasteiger partial charge on any atom is 0.0546 e. The third-order valence-electron chi connectivity index (χ3n) is 4.78. The Morgan fingerprint density at radius 2 is 2.24 bits per heavy atom. The normalized spacial score (nSPS) is 39.7. The van der Waals surface area contributed by atoms with Crippen LogP contribution in [0.5, 0.6) is 0 Å². The maximum absolute atomic E-state index is 6.04. The van der Waals surface area contributed by atoms with Crippen molar-refractivity contribution < 1.29 is 4.74 Å². The van der Waals surface area contributed by atoms with Gasteiger partial charge < -0.3 is 10.5 Å². The summed E-state index contributed by atoms with van der Waals surface area (Å²) in [5.74, 6) is 0. The molecular formula is C14H28N2O. The lowest BCUT2D eigenvalue weighted by atomic mass is 9.81. The smallest absolute Gasteiger partial charge is 0.0546 e. The van der Waals surface area contributed by atoms with Crippen LogP contribution in [0.4, 0.5) is 0 Å². The molecular weight excluding hydrogens is 212 g/mol. The van der Waals surface area contributed by atoms with Gasteiger partial charge in [-0.15, -0.1) is 0 Å². The van der Waals surface area contributed by atoms with Crippen molar-refractivity contribution in [3.05, 3.63) is 0 Å². The number of rotatable bonds is 4. The van der Waals surface area contributed by atoms with E-state index in [1.165, 1.54) is 32.1 Å². The molecule has 0 saturated carbocycles. The molecule has 0 aromatic heterocycles. The molecule has 3 heteroatoms. The van der Waals surface area contributed by atoms with Crippen LogP contribution >= 0.6 is 0 Å². The van der Waals surface area contributed by atoms with Crippen molar-refractivity contribution in [3.63, 3.8) is 0 Å². The number of hydrogen-bond donors (Lipinski definition) is 1. The van der Waals surface area contributed by atoms with Gasteiger partial charge in [-0.25, -0.2) is 0 Å². The zero-order valence-electron chi connectivity index (χ0n) is 11.5. The quantitative estimate of drug-likeness (QED) is 0.817. The van der Waals surface area contributed by atoms with Crippen molar-refractivity contribution in [3.8, 4) is 0 Å². The Morgan fingerprint density at radius 3 is 2.82 bits per heavy atom. The van der Waals surface area contributed by atoms with Gasteiger partial charge in [0.25, 0.3) is 0 Å². The lowest BCUT2D eigenvalue weighted by Gasteiger charge is -2.42. The van der Waals surface area contributed by atoms with E-state index in [1.807, 2.05) is 0 Å². The first-order valence-corrected chi connectivity index (χ1v) is 7.24. The Balaban J connectivity index is 2.01. The van der Waals surface area contributed by atoms with Crippen LogP contribution in [0, 0.1) is 5.41 Å². The maximum atomic E-state index is 6.04. The molecule has 2 rings (SSSR count). The Morgan fingerprint density at radius 1 is 1.41 bits per heavy atom. The van der Waals surface area contributed by atoms with Crippen LogP contribution in [-0.4, -0.2) is 43.3 Å². The van der Waals surface area contributed by atoms with Crippen LogP contribution in [0.3, 0.4) is 0 Å². The zero-order chi connectivity index (χ0) is 12.3. The van der Waals surface area contributed by atoms with E-state index < -0.39 is 0 Å². The van der Waals surface area contributed by atoms with Crippen LogP contribution in [0.25, 0.3) is 0 Å². The van der Waals surface area contributed by atoms with Crippen molar-refractivity contribution in [2.24, 2.45) is 11.1 Å². The van der Waals surface area contributed by atoms with E-state index in [2.05, 4.69) is 18.7 Å². The fraction of sp³-hybridized carbons (Fsp3) is 1.00. The van der Waals surface area contributed by atoms with E-state index in [0.29, 0.717) is 0 Å². The van der Waals surface area contributed by atoms with Gasteiger partial charge in [-0.1, -0.05) is 6.92 Å². The molecule has 0 bridgehead atoms. The molecule has 3 atom stereocenters. The first-order valence-electron chi connectivity index (χ1n) is 7.24. The molecule has 0 aromatic rings. The fourth-order valence-electron chi connectivity index (χ4n) is 3.50. The van der Waals surface area contributed by atoms with E-state index >= 15 is 0 Å². The van der Waals surface area contributed by atoms with E-state index in [9.17, 15) is 0 Å². The SMILES string of the molecule is CCC1CCC(C)N1CC1(CN)CCCOC1. The molecule has 3 nitrogen and oxygen atoms in total. The Kier molecular flexibility index (Phi) is 4.45. The van der Waals surface area contributed by atoms with Crippen molar-refractivity contribution in [2.75, 3.05) is 26.3 Å². The molecule has 2 heterocycles. The summed E-state index contributed by atoms with van der Waals surface area (Å²) in [5, 5.41) is 0. The predicted molar refractivity (Wildman–Crippen MR) is 71.0 cm³/mol. The number of nitrogens with zero attached hydrogens (tertiary/aromatic N) is 1. The Bertz CT molecular complexity index is 238. The predicted octanol–water partition coefficient (Wildman–Crippen LogP) is 2.00. The van der Waals surface area contributed by atoms with E-state index in [4.69, 9.17) is 10.5 Å². The van der Waals surface area contributed by atoms with Gasteiger partial charge in [0.15, 0.2) is 0 Å². The molecule has 2 aliphatic rings.